The second kappa shape index (κ2) is 5.37. The fraction of sp³-hybridized carbons (Fsp3) is 0.417. The molecular formula is C12H16N2O3. The molecule has 0 saturated heterocycles. The SMILES string of the molecule is O[C@H]1[C@H](O)[C@@H](NCc2ccncc2)C=C[C@H]1O. The van der Waals surface area contributed by atoms with Gasteiger partial charge in [0.1, 0.15) is 18.3 Å². The highest BCUT2D eigenvalue weighted by Gasteiger charge is 2.32. The minimum absolute atomic E-state index is 0.360. The number of pyridine rings is 1. The number of hydrogen-bond donors (Lipinski definition) is 4. The highest BCUT2D eigenvalue weighted by molar-refractivity contribution is 5.13. The van der Waals surface area contributed by atoms with E-state index in [-0.39, 0.29) is 6.04 Å². The zero-order valence-corrected chi connectivity index (χ0v) is 9.27. The number of aliphatic hydroxyl groups is 3. The zero-order valence-electron chi connectivity index (χ0n) is 9.27. The average Bonchev–Trinajstić information content (AvgIpc) is 2.36. The predicted octanol–water partition coefficient (Wildman–Crippen LogP) is -0.808. The van der Waals surface area contributed by atoms with Gasteiger partial charge in [0, 0.05) is 18.9 Å². The molecule has 1 aliphatic carbocycles. The molecule has 0 amide bonds. The molecule has 1 heterocycles. The molecule has 5 nitrogen and oxygen atoms in total. The summed E-state index contributed by atoms with van der Waals surface area (Å²) in [4.78, 5) is 3.91. The number of aromatic nitrogens is 1. The van der Waals surface area contributed by atoms with Crippen LogP contribution in [0.4, 0.5) is 0 Å². The van der Waals surface area contributed by atoms with Crippen LogP contribution in [0.5, 0.6) is 0 Å². The van der Waals surface area contributed by atoms with Crippen molar-refractivity contribution in [2.24, 2.45) is 0 Å². The summed E-state index contributed by atoms with van der Waals surface area (Å²) in [5, 5.41) is 31.7. The van der Waals surface area contributed by atoms with E-state index in [2.05, 4.69) is 10.3 Å². The van der Waals surface area contributed by atoms with Crippen molar-refractivity contribution in [3.05, 3.63) is 42.2 Å². The van der Waals surface area contributed by atoms with Crippen molar-refractivity contribution in [3.63, 3.8) is 0 Å². The first-order valence-corrected chi connectivity index (χ1v) is 5.53. The number of hydrogen-bond acceptors (Lipinski definition) is 5. The predicted molar refractivity (Wildman–Crippen MR) is 62.0 cm³/mol. The fourth-order valence-electron chi connectivity index (χ4n) is 1.80. The first-order chi connectivity index (χ1) is 8.18. The molecule has 4 atom stereocenters. The van der Waals surface area contributed by atoms with E-state index >= 15 is 0 Å². The summed E-state index contributed by atoms with van der Waals surface area (Å²) in [5.41, 5.74) is 1.04. The van der Waals surface area contributed by atoms with Crippen LogP contribution in [-0.4, -0.2) is 44.7 Å². The van der Waals surface area contributed by atoms with E-state index in [0.717, 1.165) is 5.56 Å². The Morgan fingerprint density at radius 2 is 1.76 bits per heavy atom. The van der Waals surface area contributed by atoms with Gasteiger partial charge in [-0.3, -0.25) is 4.98 Å². The molecule has 0 radical (unpaired) electrons. The summed E-state index contributed by atoms with van der Waals surface area (Å²) in [6.45, 7) is 0.567. The van der Waals surface area contributed by atoms with Gasteiger partial charge in [0.25, 0.3) is 0 Å². The van der Waals surface area contributed by atoms with Crippen LogP contribution in [-0.2, 0) is 6.54 Å². The average molecular weight is 236 g/mol. The Balaban J connectivity index is 1.94. The molecule has 0 bridgehead atoms. The van der Waals surface area contributed by atoms with Crippen LogP contribution in [0.2, 0.25) is 0 Å². The third-order valence-electron chi connectivity index (χ3n) is 2.87. The lowest BCUT2D eigenvalue weighted by atomic mass is 9.94. The monoisotopic (exact) mass is 236 g/mol. The Morgan fingerprint density at radius 1 is 1.06 bits per heavy atom. The Bertz CT molecular complexity index is 383. The van der Waals surface area contributed by atoms with Crippen molar-refractivity contribution in [2.75, 3.05) is 0 Å². The third-order valence-corrected chi connectivity index (χ3v) is 2.87. The molecule has 1 aromatic rings. The lowest BCUT2D eigenvalue weighted by Gasteiger charge is -2.31. The molecule has 0 aromatic carbocycles. The fourth-order valence-corrected chi connectivity index (χ4v) is 1.80. The Labute approximate surface area is 99.4 Å². The highest BCUT2D eigenvalue weighted by atomic mass is 16.4. The van der Waals surface area contributed by atoms with E-state index in [9.17, 15) is 15.3 Å². The third kappa shape index (κ3) is 2.89. The molecule has 0 spiro atoms. The van der Waals surface area contributed by atoms with Gasteiger partial charge < -0.3 is 20.6 Å². The molecule has 1 aliphatic rings. The Hall–Kier alpha value is -1.27. The summed E-state index contributed by atoms with van der Waals surface area (Å²) >= 11 is 0. The van der Waals surface area contributed by atoms with E-state index in [1.165, 1.54) is 6.08 Å². The summed E-state index contributed by atoms with van der Waals surface area (Å²) in [5.74, 6) is 0. The summed E-state index contributed by atoms with van der Waals surface area (Å²) in [7, 11) is 0. The van der Waals surface area contributed by atoms with E-state index in [1.54, 1.807) is 18.5 Å². The van der Waals surface area contributed by atoms with Gasteiger partial charge in [-0.05, 0) is 17.7 Å². The standard InChI is InChI=1S/C12H16N2O3/c15-10-2-1-9(11(16)12(10)17)14-7-8-3-5-13-6-4-8/h1-6,9-12,14-17H,7H2/t9-,10+,11+,12+/m0/s1. The maximum atomic E-state index is 9.75. The quantitative estimate of drug-likeness (QED) is 0.516. The zero-order chi connectivity index (χ0) is 12.3. The van der Waals surface area contributed by atoms with Crippen molar-refractivity contribution in [1.29, 1.82) is 0 Å². The van der Waals surface area contributed by atoms with Gasteiger partial charge in [0.15, 0.2) is 0 Å². The van der Waals surface area contributed by atoms with Crippen LogP contribution >= 0.6 is 0 Å². The van der Waals surface area contributed by atoms with Crippen molar-refractivity contribution < 1.29 is 15.3 Å². The summed E-state index contributed by atoms with van der Waals surface area (Å²) < 4.78 is 0. The molecule has 4 N–H and O–H groups in total. The first kappa shape index (κ1) is 12.2. The number of nitrogens with zero attached hydrogens (tertiary/aromatic N) is 1. The molecule has 0 aliphatic heterocycles. The summed E-state index contributed by atoms with van der Waals surface area (Å²) in [6, 6.07) is 3.38. The lowest BCUT2D eigenvalue weighted by Crippen LogP contribution is -2.51. The molecule has 17 heavy (non-hydrogen) atoms. The van der Waals surface area contributed by atoms with E-state index in [0.29, 0.717) is 6.54 Å². The van der Waals surface area contributed by atoms with E-state index in [1.807, 2.05) is 12.1 Å². The smallest absolute Gasteiger partial charge is 0.111 e. The van der Waals surface area contributed by atoms with Gasteiger partial charge in [-0.15, -0.1) is 0 Å². The van der Waals surface area contributed by atoms with Gasteiger partial charge >= 0.3 is 0 Å². The highest BCUT2D eigenvalue weighted by Crippen LogP contribution is 2.14. The second-order valence-corrected chi connectivity index (χ2v) is 4.12. The number of rotatable bonds is 3. The van der Waals surface area contributed by atoms with Crippen molar-refractivity contribution >= 4 is 0 Å². The number of nitrogens with one attached hydrogen (secondary N) is 1. The largest absolute Gasteiger partial charge is 0.388 e. The lowest BCUT2D eigenvalue weighted by molar-refractivity contribution is -0.0567. The van der Waals surface area contributed by atoms with Crippen molar-refractivity contribution in [3.8, 4) is 0 Å². The van der Waals surface area contributed by atoms with Crippen LogP contribution in [0.3, 0.4) is 0 Å². The van der Waals surface area contributed by atoms with Crippen molar-refractivity contribution in [1.82, 2.24) is 10.3 Å². The van der Waals surface area contributed by atoms with Crippen LogP contribution < -0.4 is 5.32 Å². The first-order valence-electron chi connectivity index (χ1n) is 5.53. The maximum Gasteiger partial charge on any atom is 0.111 e. The van der Waals surface area contributed by atoms with Gasteiger partial charge in [0.05, 0.1) is 6.04 Å². The summed E-state index contributed by atoms with van der Waals surface area (Å²) in [6.07, 6.45) is 3.41. The minimum Gasteiger partial charge on any atom is -0.388 e. The molecule has 0 fully saturated rings. The van der Waals surface area contributed by atoms with Gasteiger partial charge in [0.2, 0.25) is 0 Å². The van der Waals surface area contributed by atoms with Crippen molar-refractivity contribution in [2.45, 2.75) is 30.9 Å². The molecule has 0 unspecified atom stereocenters. The topological polar surface area (TPSA) is 85.6 Å². The molecule has 1 aromatic heterocycles. The molecule has 5 heteroatoms. The molecular weight excluding hydrogens is 220 g/mol. The Morgan fingerprint density at radius 3 is 2.47 bits per heavy atom. The van der Waals surface area contributed by atoms with Crippen LogP contribution in [0, 0.1) is 0 Å². The van der Waals surface area contributed by atoms with Crippen LogP contribution in [0.1, 0.15) is 5.56 Å². The molecule has 92 valence electrons. The van der Waals surface area contributed by atoms with Gasteiger partial charge in [-0.25, -0.2) is 0 Å². The van der Waals surface area contributed by atoms with Gasteiger partial charge in [-0.2, -0.15) is 0 Å². The Kier molecular flexibility index (Phi) is 3.86. The maximum absolute atomic E-state index is 9.75. The van der Waals surface area contributed by atoms with E-state index in [4.69, 9.17) is 0 Å². The molecule has 2 rings (SSSR count). The minimum atomic E-state index is -1.14. The van der Waals surface area contributed by atoms with Crippen LogP contribution in [0.25, 0.3) is 0 Å². The molecule has 0 saturated carbocycles. The van der Waals surface area contributed by atoms with Crippen LogP contribution in [0.15, 0.2) is 36.7 Å². The van der Waals surface area contributed by atoms with E-state index < -0.39 is 18.3 Å². The van der Waals surface area contributed by atoms with Gasteiger partial charge in [-0.1, -0.05) is 12.2 Å². The second-order valence-electron chi connectivity index (χ2n) is 4.12. The number of aliphatic hydroxyl groups excluding tert-OH is 3. The normalized spacial score (nSPS) is 32.6.